The summed E-state index contributed by atoms with van der Waals surface area (Å²) in [5.74, 6) is 1.33. The van der Waals surface area contributed by atoms with E-state index in [9.17, 15) is 8.42 Å². The molecule has 3 rings (SSSR count). The number of nitrogens with one attached hydrogen (secondary N) is 1. The van der Waals surface area contributed by atoms with Crippen LogP contribution < -0.4 is 10.1 Å². The predicted octanol–water partition coefficient (Wildman–Crippen LogP) is 2.16. The van der Waals surface area contributed by atoms with Crippen molar-refractivity contribution in [2.45, 2.75) is 43.5 Å². The minimum absolute atomic E-state index is 0.369. The molecule has 2 aliphatic heterocycles. The van der Waals surface area contributed by atoms with Gasteiger partial charge in [0, 0.05) is 19.1 Å². The van der Waals surface area contributed by atoms with Crippen LogP contribution in [0, 0.1) is 12.8 Å². The van der Waals surface area contributed by atoms with Gasteiger partial charge in [-0.1, -0.05) is 0 Å². The van der Waals surface area contributed by atoms with Gasteiger partial charge in [-0.3, -0.25) is 0 Å². The molecule has 128 valence electrons. The summed E-state index contributed by atoms with van der Waals surface area (Å²) in [6.45, 7) is 4.22. The van der Waals surface area contributed by atoms with Crippen LogP contribution >= 0.6 is 0 Å². The molecule has 2 aliphatic rings. The van der Waals surface area contributed by atoms with Crippen LogP contribution in [-0.4, -0.2) is 45.5 Å². The SMILES string of the molecule is COc1ccc(S(=O)(=O)N2CCC(C3CCCN3)CC2)cc1C. The lowest BCUT2D eigenvalue weighted by atomic mass is 9.89. The monoisotopic (exact) mass is 338 g/mol. The molecule has 1 aromatic carbocycles. The van der Waals surface area contributed by atoms with Crippen molar-refractivity contribution in [3.63, 3.8) is 0 Å². The fourth-order valence-electron chi connectivity index (χ4n) is 3.79. The highest BCUT2D eigenvalue weighted by molar-refractivity contribution is 7.89. The molecule has 1 atom stereocenters. The van der Waals surface area contributed by atoms with E-state index in [0.29, 0.717) is 29.9 Å². The normalized spacial score (nSPS) is 24.0. The zero-order valence-electron chi connectivity index (χ0n) is 13.9. The zero-order valence-corrected chi connectivity index (χ0v) is 14.7. The molecule has 0 spiro atoms. The Morgan fingerprint density at radius 2 is 1.96 bits per heavy atom. The minimum Gasteiger partial charge on any atom is -0.496 e. The van der Waals surface area contributed by atoms with Crippen molar-refractivity contribution in [1.82, 2.24) is 9.62 Å². The van der Waals surface area contributed by atoms with Gasteiger partial charge < -0.3 is 10.1 Å². The fraction of sp³-hybridized carbons (Fsp3) is 0.647. The van der Waals surface area contributed by atoms with Crippen molar-refractivity contribution < 1.29 is 13.2 Å². The summed E-state index contributed by atoms with van der Waals surface area (Å²) in [5.41, 5.74) is 0.846. The first-order chi connectivity index (χ1) is 11.0. The molecule has 1 N–H and O–H groups in total. The van der Waals surface area contributed by atoms with Crippen LogP contribution in [-0.2, 0) is 10.0 Å². The summed E-state index contributed by atoms with van der Waals surface area (Å²) in [4.78, 5) is 0.369. The van der Waals surface area contributed by atoms with Gasteiger partial charge >= 0.3 is 0 Å². The lowest BCUT2D eigenvalue weighted by molar-refractivity contribution is 0.234. The molecule has 6 heteroatoms. The van der Waals surface area contributed by atoms with E-state index in [0.717, 1.165) is 30.7 Å². The number of sulfonamides is 1. The molecule has 2 fully saturated rings. The van der Waals surface area contributed by atoms with Crippen molar-refractivity contribution in [1.29, 1.82) is 0 Å². The van der Waals surface area contributed by atoms with Gasteiger partial charge in [0.2, 0.25) is 10.0 Å². The molecule has 0 amide bonds. The minimum atomic E-state index is -3.40. The fourth-order valence-corrected chi connectivity index (χ4v) is 5.35. The van der Waals surface area contributed by atoms with Gasteiger partial charge in [-0.15, -0.1) is 0 Å². The molecule has 23 heavy (non-hydrogen) atoms. The van der Waals surface area contributed by atoms with Crippen LogP contribution in [0.1, 0.15) is 31.2 Å². The quantitative estimate of drug-likeness (QED) is 0.914. The van der Waals surface area contributed by atoms with Crippen LogP contribution in [0.25, 0.3) is 0 Å². The van der Waals surface area contributed by atoms with Crippen LogP contribution in [0.2, 0.25) is 0 Å². The van der Waals surface area contributed by atoms with Crippen molar-refractivity contribution in [2.75, 3.05) is 26.7 Å². The summed E-state index contributed by atoms with van der Waals surface area (Å²) in [6.07, 6.45) is 4.38. The number of hydrogen-bond donors (Lipinski definition) is 1. The van der Waals surface area contributed by atoms with E-state index in [4.69, 9.17) is 4.74 Å². The molecule has 0 saturated carbocycles. The third-order valence-corrected chi connectivity index (χ3v) is 7.06. The number of methoxy groups -OCH3 is 1. The maximum atomic E-state index is 12.8. The highest BCUT2D eigenvalue weighted by atomic mass is 32.2. The largest absolute Gasteiger partial charge is 0.496 e. The lowest BCUT2D eigenvalue weighted by Crippen LogP contribution is -2.43. The third-order valence-electron chi connectivity index (χ3n) is 5.17. The topological polar surface area (TPSA) is 58.6 Å². The Labute approximate surface area is 139 Å². The molecule has 0 aromatic heterocycles. The van der Waals surface area contributed by atoms with Crippen LogP contribution in [0.15, 0.2) is 23.1 Å². The molecular weight excluding hydrogens is 312 g/mol. The molecule has 2 saturated heterocycles. The van der Waals surface area contributed by atoms with Crippen molar-refractivity contribution in [2.24, 2.45) is 5.92 Å². The Kier molecular flexibility index (Phi) is 4.94. The summed E-state index contributed by atoms with van der Waals surface area (Å²) in [6, 6.07) is 5.67. The molecule has 0 radical (unpaired) electrons. The molecule has 0 bridgehead atoms. The Hall–Kier alpha value is -1.11. The molecule has 1 aromatic rings. The van der Waals surface area contributed by atoms with Gasteiger partial charge in [-0.2, -0.15) is 4.31 Å². The Balaban J connectivity index is 1.70. The number of aryl methyl sites for hydroxylation is 1. The smallest absolute Gasteiger partial charge is 0.243 e. The summed E-state index contributed by atoms with van der Waals surface area (Å²) in [7, 11) is -1.80. The summed E-state index contributed by atoms with van der Waals surface area (Å²) >= 11 is 0. The average molecular weight is 338 g/mol. The van der Waals surface area contributed by atoms with Gasteiger partial charge in [-0.25, -0.2) is 8.42 Å². The molecule has 2 heterocycles. The van der Waals surface area contributed by atoms with Crippen molar-refractivity contribution in [3.05, 3.63) is 23.8 Å². The highest BCUT2D eigenvalue weighted by Gasteiger charge is 2.33. The average Bonchev–Trinajstić information content (AvgIpc) is 3.09. The number of piperidine rings is 1. The maximum Gasteiger partial charge on any atom is 0.243 e. The van der Waals surface area contributed by atoms with Gasteiger partial charge in [0.05, 0.1) is 12.0 Å². The van der Waals surface area contributed by atoms with E-state index in [1.54, 1.807) is 29.6 Å². The van der Waals surface area contributed by atoms with E-state index in [1.165, 1.54) is 12.8 Å². The zero-order chi connectivity index (χ0) is 16.4. The standard InChI is InChI=1S/C17H26N2O3S/c1-13-12-15(5-6-17(13)22-2)23(20,21)19-10-7-14(8-11-19)16-4-3-9-18-16/h5-6,12,14,16,18H,3-4,7-11H2,1-2H3. The number of benzene rings is 1. The van der Waals surface area contributed by atoms with E-state index in [-0.39, 0.29) is 0 Å². The number of nitrogens with zero attached hydrogens (tertiary/aromatic N) is 1. The summed E-state index contributed by atoms with van der Waals surface area (Å²) in [5, 5.41) is 3.55. The van der Waals surface area contributed by atoms with E-state index < -0.39 is 10.0 Å². The van der Waals surface area contributed by atoms with E-state index in [1.807, 2.05) is 6.92 Å². The van der Waals surface area contributed by atoms with Crippen LogP contribution in [0.3, 0.4) is 0 Å². The molecule has 5 nitrogen and oxygen atoms in total. The number of ether oxygens (including phenoxy) is 1. The molecule has 1 unspecified atom stereocenters. The van der Waals surface area contributed by atoms with Gasteiger partial charge in [0.25, 0.3) is 0 Å². The molecule has 0 aliphatic carbocycles. The highest BCUT2D eigenvalue weighted by Crippen LogP contribution is 2.30. The number of hydrogen-bond acceptors (Lipinski definition) is 4. The first-order valence-corrected chi connectivity index (χ1v) is 9.84. The van der Waals surface area contributed by atoms with Gasteiger partial charge in [-0.05, 0) is 68.8 Å². The van der Waals surface area contributed by atoms with E-state index >= 15 is 0 Å². The van der Waals surface area contributed by atoms with Crippen molar-refractivity contribution in [3.8, 4) is 5.75 Å². The summed E-state index contributed by atoms with van der Waals surface area (Å²) < 4.78 is 32.5. The number of rotatable bonds is 4. The Morgan fingerprint density at radius 3 is 2.52 bits per heavy atom. The Bertz CT molecular complexity index is 646. The Morgan fingerprint density at radius 1 is 1.22 bits per heavy atom. The maximum absolute atomic E-state index is 12.8. The second kappa shape index (κ2) is 6.79. The van der Waals surface area contributed by atoms with E-state index in [2.05, 4.69) is 5.32 Å². The second-order valence-corrected chi connectivity index (χ2v) is 8.51. The van der Waals surface area contributed by atoms with Gasteiger partial charge in [0.1, 0.15) is 5.75 Å². The third kappa shape index (κ3) is 3.39. The van der Waals surface area contributed by atoms with Crippen molar-refractivity contribution >= 4 is 10.0 Å². The van der Waals surface area contributed by atoms with Gasteiger partial charge in [0.15, 0.2) is 0 Å². The first kappa shape index (κ1) is 16.7. The lowest BCUT2D eigenvalue weighted by Gasteiger charge is -2.34. The van der Waals surface area contributed by atoms with Crippen LogP contribution in [0.5, 0.6) is 5.75 Å². The second-order valence-electron chi connectivity index (χ2n) is 6.58. The molecular formula is C17H26N2O3S. The van der Waals surface area contributed by atoms with Crippen LogP contribution in [0.4, 0.5) is 0 Å². The first-order valence-electron chi connectivity index (χ1n) is 8.40. The predicted molar refractivity (Wildman–Crippen MR) is 90.2 cm³/mol.